The van der Waals surface area contributed by atoms with Crippen LogP contribution in [0.15, 0.2) is 36.7 Å². The van der Waals surface area contributed by atoms with E-state index in [0.29, 0.717) is 13.1 Å². The molecular formula is C15H22N4O. The molecule has 2 rings (SSSR count). The molecule has 0 aliphatic heterocycles. The minimum absolute atomic E-state index is 0.148. The lowest BCUT2D eigenvalue weighted by Gasteiger charge is -2.21. The Balaban J connectivity index is 2.03. The quantitative estimate of drug-likeness (QED) is 0.796. The largest absolute Gasteiger partial charge is 0.395 e. The smallest absolute Gasteiger partial charge is 0.141 e. The number of aromatic nitrogens is 3. The summed E-state index contributed by atoms with van der Waals surface area (Å²) in [5.74, 6) is 0.955. The fourth-order valence-electron chi connectivity index (χ4n) is 2.21. The third-order valence-corrected chi connectivity index (χ3v) is 3.16. The summed E-state index contributed by atoms with van der Waals surface area (Å²) in [6.45, 7) is 5.30. The van der Waals surface area contributed by atoms with Gasteiger partial charge in [0.05, 0.1) is 13.2 Å². The topological polar surface area (TPSA) is 54.2 Å². The predicted molar refractivity (Wildman–Crippen MR) is 78.0 cm³/mol. The van der Waals surface area contributed by atoms with E-state index in [1.165, 1.54) is 5.56 Å². The average Bonchev–Trinajstić information content (AvgIpc) is 2.88. The van der Waals surface area contributed by atoms with E-state index in [-0.39, 0.29) is 6.61 Å². The van der Waals surface area contributed by atoms with E-state index in [4.69, 9.17) is 0 Å². The first-order valence-electron chi connectivity index (χ1n) is 7.07. The number of benzene rings is 1. The molecule has 1 aromatic heterocycles. The van der Waals surface area contributed by atoms with Crippen LogP contribution in [0.1, 0.15) is 24.7 Å². The molecule has 0 spiro atoms. The second-order valence-electron chi connectivity index (χ2n) is 4.82. The lowest BCUT2D eigenvalue weighted by Crippen LogP contribution is -2.27. The molecule has 20 heavy (non-hydrogen) atoms. The predicted octanol–water partition coefficient (Wildman–Crippen LogP) is 1.68. The zero-order chi connectivity index (χ0) is 14.2. The summed E-state index contributed by atoms with van der Waals surface area (Å²) in [7, 11) is 0. The van der Waals surface area contributed by atoms with Gasteiger partial charge in [-0.1, -0.05) is 37.3 Å². The van der Waals surface area contributed by atoms with Crippen LogP contribution < -0.4 is 0 Å². The van der Waals surface area contributed by atoms with E-state index in [9.17, 15) is 5.11 Å². The van der Waals surface area contributed by atoms with E-state index in [0.717, 1.165) is 25.3 Å². The van der Waals surface area contributed by atoms with Crippen LogP contribution in [0.4, 0.5) is 0 Å². The number of nitrogens with zero attached hydrogens (tertiary/aromatic N) is 4. The highest BCUT2D eigenvalue weighted by molar-refractivity contribution is 5.14. The van der Waals surface area contributed by atoms with Gasteiger partial charge in [-0.2, -0.15) is 5.10 Å². The number of rotatable bonds is 8. The highest BCUT2D eigenvalue weighted by atomic mass is 16.3. The Morgan fingerprint density at radius 2 is 2.00 bits per heavy atom. The zero-order valence-corrected chi connectivity index (χ0v) is 11.9. The van der Waals surface area contributed by atoms with Crippen molar-refractivity contribution in [2.45, 2.75) is 33.0 Å². The first kappa shape index (κ1) is 14.7. The molecule has 1 heterocycles. The minimum Gasteiger partial charge on any atom is -0.395 e. The molecule has 0 atom stereocenters. The Labute approximate surface area is 119 Å². The molecular weight excluding hydrogens is 252 g/mol. The zero-order valence-electron chi connectivity index (χ0n) is 11.9. The molecule has 0 fully saturated rings. The average molecular weight is 274 g/mol. The highest BCUT2D eigenvalue weighted by Crippen LogP contribution is 2.08. The molecule has 0 amide bonds. The van der Waals surface area contributed by atoms with Crippen molar-refractivity contribution < 1.29 is 5.11 Å². The van der Waals surface area contributed by atoms with Gasteiger partial charge in [0.2, 0.25) is 0 Å². The molecule has 0 saturated heterocycles. The van der Waals surface area contributed by atoms with Crippen molar-refractivity contribution in [1.82, 2.24) is 19.7 Å². The Kier molecular flexibility index (Phi) is 5.70. The van der Waals surface area contributed by atoms with Gasteiger partial charge >= 0.3 is 0 Å². The monoisotopic (exact) mass is 274 g/mol. The van der Waals surface area contributed by atoms with Crippen molar-refractivity contribution in [3.63, 3.8) is 0 Å². The first-order chi connectivity index (χ1) is 9.83. The van der Waals surface area contributed by atoms with Crippen molar-refractivity contribution >= 4 is 0 Å². The van der Waals surface area contributed by atoms with Gasteiger partial charge in [0.1, 0.15) is 12.2 Å². The molecule has 0 aliphatic carbocycles. The maximum Gasteiger partial charge on any atom is 0.141 e. The van der Waals surface area contributed by atoms with Crippen molar-refractivity contribution in [2.24, 2.45) is 0 Å². The van der Waals surface area contributed by atoms with Crippen LogP contribution in [0.5, 0.6) is 0 Å². The van der Waals surface area contributed by atoms with E-state index >= 15 is 0 Å². The highest BCUT2D eigenvalue weighted by Gasteiger charge is 2.11. The van der Waals surface area contributed by atoms with Gasteiger partial charge in [-0.05, 0) is 12.0 Å². The van der Waals surface area contributed by atoms with Crippen LogP contribution >= 0.6 is 0 Å². The lowest BCUT2D eigenvalue weighted by molar-refractivity contribution is 0.179. The summed E-state index contributed by atoms with van der Waals surface area (Å²) < 4.78 is 1.94. The molecule has 5 nitrogen and oxygen atoms in total. The van der Waals surface area contributed by atoms with E-state index in [1.54, 1.807) is 6.33 Å². The van der Waals surface area contributed by atoms with Crippen LogP contribution in [0.25, 0.3) is 0 Å². The number of aliphatic hydroxyl groups excluding tert-OH is 1. The Morgan fingerprint density at radius 3 is 2.70 bits per heavy atom. The lowest BCUT2D eigenvalue weighted by atomic mass is 10.2. The SMILES string of the molecule is CCCn1ncnc1CN(CCO)Cc1ccccc1. The van der Waals surface area contributed by atoms with Gasteiger partial charge < -0.3 is 5.11 Å². The standard InChI is InChI=1S/C15H22N4O/c1-2-8-19-15(16-13-17-19)12-18(9-10-20)11-14-6-4-3-5-7-14/h3-7,13,20H,2,8-12H2,1H3. The van der Waals surface area contributed by atoms with Gasteiger partial charge in [0.15, 0.2) is 0 Å². The molecule has 108 valence electrons. The van der Waals surface area contributed by atoms with E-state index in [1.807, 2.05) is 22.9 Å². The molecule has 0 bridgehead atoms. The van der Waals surface area contributed by atoms with E-state index in [2.05, 4.69) is 34.0 Å². The second kappa shape index (κ2) is 7.77. The third kappa shape index (κ3) is 4.15. The summed E-state index contributed by atoms with van der Waals surface area (Å²) in [6.07, 6.45) is 2.64. The van der Waals surface area contributed by atoms with E-state index < -0.39 is 0 Å². The molecule has 2 aromatic rings. The minimum atomic E-state index is 0.148. The number of aryl methyl sites for hydroxylation is 1. The summed E-state index contributed by atoms with van der Waals surface area (Å²) >= 11 is 0. The fourth-order valence-corrected chi connectivity index (χ4v) is 2.21. The van der Waals surface area contributed by atoms with Gasteiger partial charge in [0.25, 0.3) is 0 Å². The third-order valence-electron chi connectivity index (χ3n) is 3.16. The summed E-state index contributed by atoms with van der Waals surface area (Å²) in [6, 6.07) is 10.3. The number of hydrogen-bond donors (Lipinski definition) is 1. The number of aliphatic hydroxyl groups is 1. The van der Waals surface area contributed by atoms with Gasteiger partial charge in [-0.15, -0.1) is 0 Å². The van der Waals surface area contributed by atoms with Gasteiger partial charge in [-0.25, -0.2) is 9.67 Å². The molecule has 1 N–H and O–H groups in total. The molecule has 0 radical (unpaired) electrons. The molecule has 0 aliphatic rings. The van der Waals surface area contributed by atoms with Crippen LogP contribution in [0.2, 0.25) is 0 Å². The maximum atomic E-state index is 9.23. The Bertz CT molecular complexity index is 498. The number of hydrogen-bond acceptors (Lipinski definition) is 4. The normalized spacial score (nSPS) is 11.2. The van der Waals surface area contributed by atoms with Crippen molar-refractivity contribution in [3.05, 3.63) is 48.0 Å². The van der Waals surface area contributed by atoms with Crippen molar-refractivity contribution in [3.8, 4) is 0 Å². The van der Waals surface area contributed by atoms with Gasteiger partial charge in [-0.3, -0.25) is 4.90 Å². The Hall–Kier alpha value is -1.72. The van der Waals surface area contributed by atoms with Gasteiger partial charge in [0, 0.05) is 19.6 Å². The first-order valence-corrected chi connectivity index (χ1v) is 7.07. The summed E-state index contributed by atoms with van der Waals surface area (Å²) in [5, 5.41) is 13.5. The molecule has 0 saturated carbocycles. The summed E-state index contributed by atoms with van der Waals surface area (Å²) in [4.78, 5) is 6.51. The fraction of sp³-hybridized carbons (Fsp3) is 0.467. The summed E-state index contributed by atoms with van der Waals surface area (Å²) in [5.41, 5.74) is 1.24. The molecule has 5 heteroatoms. The van der Waals surface area contributed by atoms with Crippen LogP contribution in [0.3, 0.4) is 0 Å². The second-order valence-corrected chi connectivity index (χ2v) is 4.82. The van der Waals surface area contributed by atoms with Crippen LogP contribution in [0, 0.1) is 0 Å². The van der Waals surface area contributed by atoms with Crippen molar-refractivity contribution in [2.75, 3.05) is 13.2 Å². The molecule has 0 unspecified atom stereocenters. The maximum absolute atomic E-state index is 9.23. The van der Waals surface area contributed by atoms with Crippen molar-refractivity contribution in [1.29, 1.82) is 0 Å². The molecule has 1 aromatic carbocycles. The van der Waals surface area contributed by atoms with Crippen LogP contribution in [-0.4, -0.2) is 37.9 Å². The Morgan fingerprint density at radius 1 is 1.20 bits per heavy atom. The van der Waals surface area contributed by atoms with Crippen LogP contribution in [-0.2, 0) is 19.6 Å².